The van der Waals surface area contributed by atoms with Gasteiger partial charge in [0, 0.05) is 42.5 Å². The molecular weight excluding hydrogens is 461 g/mol. The Balaban J connectivity index is 1.53. The topological polar surface area (TPSA) is 131 Å². The number of halogens is 1. The van der Waals surface area contributed by atoms with Crippen LogP contribution in [0, 0.1) is 5.82 Å². The Labute approximate surface area is 209 Å². The summed E-state index contributed by atoms with van der Waals surface area (Å²) in [5.74, 6) is -0.0630. The minimum absolute atomic E-state index is 0.104. The number of fused-ring (bicyclic) bond motifs is 1. The van der Waals surface area contributed by atoms with Crippen LogP contribution >= 0.6 is 0 Å². The van der Waals surface area contributed by atoms with Gasteiger partial charge in [0.25, 0.3) is 0 Å². The Kier molecular flexibility index (Phi) is 6.52. The highest BCUT2D eigenvalue weighted by molar-refractivity contribution is 5.88. The first-order valence-corrected chi connectivity index (χ1v) is 12.6. The highest BCUT2D eigenvalue weighted by Crippen LogP contribution is 2.34. The van der Waals surface area contributed by atoms with Crippen LogP contribution in [0.3, 0.4) is 0 Å². The van der Waals surface area contributed by atoms with E-state index >= 15 is 4.39 Å². The molecule has 1 amide bonds. The second-order valence-corrected chi connectivity index (χ2v) is 9.86. The summed E-state index contributed by atoms with van der Waals surface area (Å²) in [6.45, 7) is 7.52. The van der Waals surface area contributed by atoms with Gasteiger partial charge in [-0.3, -0.25) is 9.69 Å². The number of nitrogens with zero attached hydrogens (tertiary/aromatic N) is 6. The van der Waals surface area contributed by atoms with E-state index < -0.39 is 5.54 Å². The number of aromatic nitrogens is 4. The van der Waals surface area contributed by atoms with Crippen LogP contribution < -0.4 is 21.7 Å². The van der Waals surface area contributed by atoms with E-state index in [1.165, 1.54) is 12.4 Å². The zero-order chi connectivity index (χ0) is 25.4. The molecule has 192 valence electrons. The van der Waals surface area contributed by atoms with Crippen LogP contribution in [0.25, 0.3) is 11.2 Å². The number of imidazole rings is 1. The van der Waals surface area contributed by atoms with Gasteiger partial charge >= 0.3 is 0 Å². The largest absolute Gasteiger partial charge is 0.382 e. The molecule has 0 radical (unpaired) electrons. The fourth-order valence-electron chi connectivity index (χ4n) is 4.93. The van der Waals surface area contributed by atoms with Gasteiger partial charge in [0.2, 0.25) is 5.91 Å². The first kappa shape index (κ1) is 24.4. The number of carbonyl (C=O) groups is 1. The summed E-state index contributed by atoms with van der Waals surface area (Å²) in [5, 5.41) is 3.05. The Morgan fingerprint density at radius 2 is 2.00 bits per heavy atom. The van der Waals surface area contributed by atoms with E-state index in [1.807, 2.05) is 4.57 Å². The molecule has 1 atom stereocenters. The molecular formula is C25H34FN9O. The number of nitrogens with two attached hydrogens (primary N) is 2. The molecule has 1 aromatic carbocycles. The van der Waals surface area contributed by atoms with E-state index in [2.05, 4.69) is 43.9 Å². The molecule has 2 aliphatic rings. The number of amides is 1. The van der Waals surface area contributed by atoms with Gasteiger partial charge in [-0.05, 0) is 44.5 Å². The number of anilines is 2. The number of carbonyl (C=O) groups excluding carboxylic acids is 1. The maximum absolute atomic E-state index is 15.4. The standard InChI is InChI=1S/C25H34FN9O/c1-3-33(4-2)11-17-18(12-35-15-31-21-22(27)29-14-30-23(21)35)20(8-7-19(17)26)34-10-9-25(28,13-34)24(36)32-16-5-6-16/h7-8,14-16H,3-6,9-13,28H2,1-2H3,(H,32,36)(H2,27,29,30)/t25-/m1/s1. The van der Waals surface area contributed by atoms with Crippen LogP contribution in [0.15, 0.2) is 24.8 Å². The molecule has 3 heterocycles. The van der Waals surface area contributed by atoms with Crippen molar-refractivity contribution in [3.8, 4) is 0 Å². The maximum Gasteiger partial charge on any atom is 0.242 e. The van der Waals surface area contributed by atoms with E-state index in [0.29, 0.717) is 55.1 Å². The quantitative estimate of drug-likeness (QED) is 0.408. The second kappa shape index (κ2) is 9.62. The molecule has 0 spiro atoms. The first-order chi connectivity index (χ1) is 17.3. The summed E-state index contributed by atoms with van der Waals surface area (Å²) in [5.41, 5.74) is 15.0. The van der Waals surface area contributed by atoms with Gasteiger partial charge < -0.3 is 26.3 Å². The third-order valence-corrected chi connectivity index (χ3v) is 7.39. The third kappa shape index (κ3) is 4.60. The van der Waals surface area contributed by atoms with Crippen LogP contribution in [0.4, 0.5) is 15.9 Å². The maximum atomic E-state index is 15.4. The molecule has 1 aliphatic carbocycles. The molecule has 0 unspecified atom stereocenters. The molecule has 36 heavy (non-hydrogen) atoms. The van der Waals surface area contributed by atoms with E-state index in [1.54, 1.807) is 12.4 Å². The number of rotatable bonds is 9. The molecule has 11 heteroatoms. The van der Waals surface area contributed by atoms with Crippen molar-refractivity contribution >= 4 is 28.6 Å². The predicted molar refractivity (Wildman–Crippen MR) is 137 cm³/mol. The van der Waals surface area contributed by atoms with E-state index in [9.17, 15) is 4.79 Å². The molecule has 1 aliphatic heterocycles. The SMILES string of the molecule is CCN(CC)Cc1c(F)ccc(N2CC[C@](N)(C(=O)NC3CC3)C2)c1Cn1cnc2c(N)ncnc21. The average molecular weight is 496 g/mol. The van der Waals surface area contributed by atoms with Gasteiger partial charge in [-0.2, -0.15) is 0 Å². The van der Waals surface area contributed by atoms with Gasteiger partial charge in [0.1, 0.15) is 23.2 Å². The van der Waals surface area contributed by atoms with E-state index in [4.69, 9.17) is 11.5 Å². The molecule has 2 aromatic heterocycles. The van der Waals surface area contributed by atoms with E-state index in [0.717, 1.165) is 37.2 Å². The Hall–Kier alpha value is -3.31. The van der Waals surface area contributed by atoms with Crippen molar-refractivity contribution in [1.29, 1.82) is 0 Å². The molecule has 5 N–H and O–H groups in total. The zero-order valence-electron chi connectivity index (χ0n) is 20.9. The van der Waals surface area contributed by atoms with Crippen LogP contribution in [-0.2, 0) is 17.9 Å². The van der Waals surface area contributed by atoms with Gasteiger partial charge in [-0.1, -0.05) is 13.8 Å². The van der Waals surface area contributed by atoms with Gasteiger partial charge in [-0.25, -0.2) is 19.3 Å². The summed E-state index contributed by atoms with van der Waals surface area (Å²) in [7, 11) is 0. The summed E-state index contributed by atoms with van der Waals surface area (Å²) in [4.78, 5) is 30.0. The number of hydrogen-bond acceptors (Lipinski definition) is 8. The van der Waals surface area contributed by atoms with Crippen molar-refractivity contribution in [3.63, 3.8) is 0 Å². The van der Waals surface area contributed by atoms with Crippen molar-refractivity contribution in [3.05, 3.63) is 41.7 Å². The molecule has 2 fully saturated rings. The summed E-state index contributed by atoms with van der Waals surface area (Å²) < 4.78 is 17.2. The lowest BCUT2D eigenvalue weighted by Crippen LogP contribution is -2.56. The molecule has 3 aromatic rings. The van der Waals surface area contributed by atoms with Crippen LogP contribution in [0.5, 0.6) is 0 Å². The number of benzene rings is 1. The number of nitrogens with one attached hydrogen (secondary N) is 1. The van der Waals surface area contributed by atoms with Crippen LogP contribution in [0.1, 0.15) is 44.2 Å². The summed E-state index contributed by atoms with van der Waals surface area (Å²) >= 11 is 0. The van der Waals surface area contributed by atoms with E-state index in [-0.39, 0.29) is 17.8 Å². The molecule has 1 saturated heterocycles. The first-order valence-electron chi connectivity index (χ1n) is 12.6. The molecule has 0 bridgehead atoms. The van der Waals surface area contributed by atoms with Gasteiger partial charge in [0.05, 0.1) is 12.9 Å². The lowest BCUT2D eigenvalue weighted by molar-refractivity contribution is -0.125. The van der Waals surface area contributed by atoms with Crippen molar-refractivity contribution < 1.29 is 9.18 Å². The van der Waals surface area contributed by atoms with Crippen molar-refractivity contribution in [1.82, 2.24) is 29.7 Å². The van der Waals surface area contributed by atoms with Gasteiger partial charge in [-0.15, -0.1) is 0 Å². The zero-order valence-corrected chi connectivity index (χ0v) is 20.9. The summed E-state index contributed by atoms with van der Waals surface area (Å²) in [6.07, 6.45) is 5.61. The van der Waals surface area contributed by atoms with Crippen molar-refractivity contribution in [2.75, 3.05) is 36.8 Å². The minimum Gasteiger partial charge on any atom is -0.382 e. The smallest absolute Gasteiger partial charge is 0.242 e. The monoisotopic (exact) mass is 495 g/mol. The Morgan fingerprint density at radius 3 is 2.72 bits per heavy atom. The average Bonchev–Trinajstić information content (AvgIpc) is 3.44. The highest BCUT2D eigenvalue weighted by atomic mass is 19.1. The Bertz CT molecular complexity index is 1270. The fraction of sp³-hybridized carbons (Fsp3) is 0.520. The van der Waals surface area contributed by atoms with Crippen molar-refractivity contribution in [2.24, 2.45) is 5.73 Å². The molecule has 1 saturated carbocycles. The lowest BCUT2D eigenvalue weighted by atomic mass is 9.98. The van der Waals surface area contributed by atoms with Crippen LogP contribution in [-0.4, -0.2) is 68.1 Å². The van der Waals surface area contributed by atoms with Crippen molar-refractivity contribution in [2.45, 2.75) is 57.8 Å². The second-order valence-electron chi connectivity index (χ2n) is 9.86. The van der Waals surface area contributed by atoms with Crippen LogP contribution in [0.2, 0.25) is 0 Å². The third-order valence-electron chi connectivity index (χ3n) is 7.39. The normalized spacial score (nSPS) is 20.0. The number of nitrogen functional groups attached to an aromatic ring is 1. The number of hydrogen-bond donors (Lipinski definition) is 3. The predicted octanol–water partition coefficient (Wildman–Crippen LogP) is 1.62. The lowest BCUT2D eigenvalue weighted by Gasteiger charge is -2.28. The highest BCUT2D eigenvalue weighted by Gasteiger charge is 2.43. The molecule has 5 rings (SSSR count). The minimum atomic E-state index is -0.976. The Morgan fingerprint density at radius 1 is 1.22 bits per heavy atom. The molecule has 10 nitrogen and oxygen atoms in total. The fourth-order valence-corrected chi connectivity index (χ4v) is 4.93. The summed E-state index contributed by atoms with van der Waals surface area (Å²) in [6, 6.07) is 3.56. The van der Waals surface area contributed by atoms with Gasteiger partial charge in [0.15, 0.2) is 11.5 Å².